The van der Waals surface area contributed by atoms with Crippen LogP contribution >= 0.6 is 0 Å². The molecule has 3 nitrogen and oxygen atoms in total. The first kappa shape index (κ1) is 8.74. The third-order valence-electron chi connectivity index (χ3n) is 1.86. The van der Waals surface area contributed by atoms with Gasteiger partial charge in [-0.3, -0.25) is 4.79 Å². The van der Waals surface area contributed by atoms with Gasteiger partial charge in [-0.2, -0.15) is 0 Å². The normalized spacial score (nSPS) is 10.4. The maximum absolute atomic E-state index is 12.9. The number of nitrogens with one attached hydrogen (secondary N) is 1. The van der Waals surface area contributed by atoms with E-state index in [1.807, 2.05) is 0 Å². The molecule has 0 spiro atoms. The molecule has 72 valence electrons. The number of aromatic amines is 1. The minimum absolute atomic E-state index is 0.354. The van der Waals surface area contributed by atoms with Crippen molar-refractivity contribution in [3.63, 3.8) is 0 Å². The topological polar surface area (TPSA) is 42.1 Å². The quantitative estimate of drug-likeness (QED) is 0.705. The van der Waals surface area contributed by atoms with Crippen molar-refractivity contribution in [1.29, 1.82) is 0 Å². The van der Waals surface area contributed by atoms with Gasteiger partial charge in [0.1, 0.15) is 5.82 Å². The van der Waals surface area contributed by atoms with E-state index in [0.717, 1.165) is 5.52 Å². The minimum Gasteiger partial charge on any atom is -0.424 e. The van der Waals surface area contributed by atoms with Gasteiger partial charge in [-0.1, -0.05) is 0 Å². The predicted octanol–water partition coefficient (Wildman–Crippen LogP) is 2.23. The number of fused-ring (bicyclic) bond motifs is 1. The van der Waals surface area contributed by atoms with Gasteiger partial charge in [-0.05, 0) is 18.2 Å². The molecule has 0 unspecified atom stereocenters. The van der Waals surface area contributed by atoms with Gasteiger partial charge >= 0.3 is 5.97 Å². The van der Waals surface area contributed by atoms with Crippen LogP contribution in [-0.2, 0) is 4.79 Å². The number of esters is 1. The number of halogens is 1. The van der Waals surface area contributed by atoms with E-state index in [-0.39, 0.29) is 5.82 Å². The Morgan fingerprint density at radius 2 is 2.29 bits per heavy atom. The number of rotatable bonds is 1. The molecule has 0 aliphatic heterocycles. The zero-order chi connectivity index (χ0) is 10.1. The lowest BCUT2D eigenvalue weighted by Crippen LogP contribution is -2.00. The average molecular weight is 193 g/mol. The molecule has 1 N–H and O–H groups in total. The fraction of sp³-hybridized carbons (Fsp3) is 0.100. The molecule has 2 aromatic rings. The van der Waals surface area contributed by atoms with Crippen LogP contribution in [0.2, 0.25) is 0 Å². The monoisotopic (exact) mass is 193 g/mol. The number of hydrogen-bond acceptors (Lipinski definition) is 2. The van der Waals surface area contributed by atoms with Crippen LogP contribution < -0.4 is 4.74 Å². The SMILES string of the molecule is CC(=O)Oc1c[nH]c2ccc(F)cc12. The Balaban J connectivity index is 2.55. The third-order valence-corrected chi connectivity index (χ3v) is 1.86. The summed E-state index contributed by atoms with van der Waals surface area (Å²) in [5.74, 6) is -0.423. The smallest absolute Gasteiger partial charge is 0.308 e. The molecule has 0 saturated carbocycles. The molecule has 2 rings (SSSR count). The lowest BCUT2D eigenvalue weighted by atomic mass is 10.2. The van der Waals surface area contributed by atoms with Gasteiger partial charge in [0.15, 0.2) is 5.75 Å². The Bertz CT molecular complexity index is 490. The predicted molar refractivity (Wildman–Crippen MR) is 49.6 cm³/mol. The van der Waals surface area contributed by atoms with E-state index < -0.39 is 5.97 Å². The molecule has 0 amide bonds. The molecule has 0 atom stereocenters. The molecule has 0 radical (unpaired) electrons. The van der Waals surface area contributed by atoms with E-state index in [2.05, 4.69) is 4.98 Å². The van der Waals surface area contributed by atoms with Crippen molar-refractivity contribution >= 4 is 16.9 Å². The number of ether oxygens (including phenoxy) is 1. The fourth-order valence-corrected chi connectivity index (χ4v) is 1.31. The number of H-pyrrole nitrogens is 1. The van der Waals surface area contributed by atoms with Crippen LogP contribution in [0.5, 0.6) is 5.75 Å². The molecular weight excluding hydrogens is 185 g/mol. The second kappa shape index (κ2) is 3.14. The standard InChI is InChI=1S/C10H8FNO2/c1-6(13)14-10-5-12-9-3-2-7(11)4-8(9)10/h2-5,12H,1H3. The van der Waals surface area contributed by atoms with E-state index in [1.54, 1.807) is 6.07 Å². The maximum atomic E-state index is 12.9. The Morgan fingerprint density at radius 3 is 3.00 bits per heavy atom. The van der Waals surface area contributed by atoms with Crippen LogP contribution in [0.3, 0.4) is 0 Å². The van der Waals surface area contributed by atoms with Crippen molar-refractivity contribution < 1.29 is 13.9 Å². The molecule has 14 heavy (non-hydrogen) atoms. The van der Waals surface area contributed by atoms with Gasteiger partial charge in [0.2, 0.25) is 0 Å². The van der Waals surface area contributed by atoms with E-state index in [1.165, 1.54) is 25.3 Å². The van der Waals surface area contributed by atoms with Gasteiger partial charge < -0.3 is 9.72 Å². The van der Waals surface area contributed by atoms with Gasteiger partial charge in [0.25, 0.3) is 0 Å². The summed E-state index contributed by atoms with van der Waals surface area (Å²) in [6, 6.07) is 4.26. The summed E-state index contributed by atoms with van der Waals surface area (Å²) in [6.07, 6.45) is 1.53. The Labute approximate surface area is 79.5 Å². The molecule has 1 aromatic carbocycles. The summed E-state index contributed by atoms with van der Waals surface area (Å²) in [6.45, 7) is 1.30. The van der Waals surface area contributed by atoms with Crippen molar-refractivity contribution in [2.24, 2.45) is 0 Å². The lowest BCUT2D eigenvalue weighted by Gasteiger charge is -1.97. The number of carbonyl (C=O) groups excluding carboxylic acids is 1. The number of benzene rings is 1. The fourth-order valence-electron chi connectivity index (χ4n) is 1.31. The largest absolute Gasteiger partial charge is 0.424 e. The summed E-state index contributed by atoms with van der Waals surface area (Å²) in [7, 11) is 0. The van der Waals surface area contributed by atoms with Crippen molar-refractivity contribution in [2.75, 3.05) is 0 Å². The Hall–Kier alpha value is -1.84. The molecule has 0 fully saturated rings. The van der Waals surface area contributed by atoms with Crippen molar-refractivity contribution in [2.45, 2.75) is 6.92 Å². The Kier molecular flexibility index (Phi) is 1.96. The van der Waals surface area contributed by atoms with Gasteiger partial charge in [0, 0.05) is 24.0 Å². The van der Waals surface area contributed by atoms with Crippen LogP contribution in [0, 0.1) is 5.82 Å². The summed E-state index contributed by atoms with van der Waals surface area (Å²) in [5.41, 5.74) is 0.739. The van der Waals surface area contributed by atoms with E-state index >= 15 is 0 Å². The van der Waals surface area contributed by atoms with Crippen LogP contribution in [0.1, 0.15) is 6.92 Å². The second-order valence-electron chi connectivity index (χ2n) is 2.94. The summed E-state index contributed by atoms with van der Waals surface area (Å²) < 4.78 is 17.8. The highest BCUT2D eigenvalue weighted by atomic mass is 19.1. The zero-order valence-corrected chi connectivity index (χ0v) is 7.50. The highest BCUT2D eigenvalue weighted by Gasteiger charge is 2.07. The van der Waals surface area contributed by atoms with E-state index in [9.17, 15) is 9.18 Å². The molecule has 0 aliphatic rings. The average Bonchev–Trinajstić information content (AvgIpc) is 2.47. The summed E-state index contributed by atoms with van der Waals surface area (Å²) in [5, 5.41) is 0.570. The minimum atomic E-state index is -0.421. The van der Waals surface area contributed by atoms with E-state index in [0.29, 0.717) is 11.1 Å². The maximum Gasteiger partial charge on any atom is 0.308 e. The molecule has 0 saturated heterocycles. The number of carbonyl (C=O) groups is 1. The lowest BCUT2D eigenvalue weighted by molar-refractivity contribution is -0.131. The van der Waals surface area contributed by atoms with Gasteiger partial charge in [-0.15, -0.1) is 0 Å². The molecular formula is C10H8FNO2. The summed E-state index contributed by atoms with van der Waals surface area (Å²) >= 11 is 0. The van der Waals surface area contributed by atoms with Crippen LogP contribution in [-0.4, -0.2) is 11.0 Å². The zero-order valence-electron chi connectivity index (χ0n) is 7.50. The Morgan fingerprint density at radius 1 is 1.50 bits per heavy atom. The van der Waals surface area contributed by atoms with Crippen molar-refractivity contribution in [1.82, 2.24) is 4.98 Å². The van der Waals surface area contributed by atoms with Crippen LogP contribution in [0.15, 0.2) is 24.4 Å². The molecule has 1 aromatic heterocycles. The second-order valence-corrected chi connectivity index (χ2v) is 2.94. The first-order chi connectivity index (χ1) is 6.66. The van der Waals surface area contributed by atoms with Crippen molar-refractivity contribution in [3.8, 4) is 5.75 Å². The first-order valence-corrected chi connectivity index (χ1v) is 4.12. The van der Waals surface area contributed by atoms with E-state index in [4.69, 9.17) is 4.74 Å². The van der Waals surface area contributed by atoms with Gasteiger partial charge in [0.05, 0.1) is 0 Å². The molecule has 0 bridgehead atoms. The van der Waals surface area contributed by atoms with Crippen molar-refractivity contribution in [3.05, 3.63) is 30.2 Å². The third kappa shape index (κ3) is 1.46. The van der Waals surface area contributed by atoms with Crippen LogP contribution in [0.4, 0.5) is 4.39 Å². The number of hydrogen-bond donors (Lipinski definition) is 1. The highest BCUT2D eigenvalue weighted by Crippen LogP contribution is 2.25. The molecule has 4 heteroatoms. The van der Waals surface area contributed by atoms with Crippen LogP contribution in [0.25, 0.3) is 10.9 Å². The first-order valence-electron chi connectivity index (χ1n) is 4.12. The van der Waals surface area contributed by atoms with Gasteiger partial charge in [-0.25, -0.2) is 4.39 Å². The molecule has 1 heterocycles. The molecule has 0 aliphatic carbocycles. The number of aromatic nitrogens is 1. The highest BCUT2D eigenvalue weighted by molar-refractivity contribution is 5.88. The summed E-state index contributed by atoms with van der Waals surface area (Å²) in [4.78, 5) is 13.6.